The van der Waals surface area contributed by atoms with Crippen LogP contribution < -0.4 is 9.50 Å². The highest BCUT2D eigenvalue weighted by Gasteiger charge is 2.28. The average Bonchev–Trinajstić information content (AvgIpc) is 2.35. The van der Waals surface area contributed by atoms with E-state index < -0.39 is 27.5 Å². The Kier molecular flexibility index (Phi) is 6.06. The maximum absolute atomic E-state index is 12.5. The van der Waals surface area contributed by atoms with E-state index in [9.17, 15) is 23.1 Å². The number of amides is 1. The molecule has 128 valence electrons. The smallest absolute Gasteiger partial charge is 0.336 e. The van der Waals surface area contributed by atoms with Crippen LogP contribution in [0.1, 0.15) is 34.6 Å². The zero-order chi connectivity index (χ0) is 17.8. The van der Waals surface area contributed by atoms with Crippen molar-refractivity contribution in [1.29, 1.82) is 0 Å². The fourth-order valence-electron chi connectivity index (χ4n) is 1.94. The summed E-state index contributed by atoms with van der Waals surface area (Å²) in [6.45, 7) is 3.56. The van der Waals surface area contributed by atoms with E-state index >= 15 is 0 Å². The van der Waals surface area contributed by atoms with Gasteiger partial charge in [0.25, 0.3) is 5.91 Å². The molecule has 0 aromatic heterocycles. The van der Waals surface area contributed by atoms with Crippen molar-refractivity contribution < 1.29 is 27.3 Å². The standard InChI is InChI=1S/C14H19NO6S2/c1-14(2,8-22-3)15-12(16)11-9(13(17)18)6-5-7-10(11)21-23(4,19)20/h5-7H,8H2,1-4H3,(H,15,16)(H,17,18). The molecule has 0 saturated heterocycles. The van der Waals surface area contributed by atoms with Gasteiger partial charge in [-0.3, -0.25) is 4.79 Å². The zero-order valence-electron chi connectivity index (χ0n) is 13.2. The van der Waals surface area contributed by atoms with Crippen molar-refractivity contribution in [2.45, 2.75) is 19.4 Å². The number of hydrogen-bond donors (Lipinski definition) is 2. The molecule has 0 spiro atoms. The van der Waals surface area contributed by atoms with Crippen molar-refractivity contribution in [2.75, 3.05) is 18.3 Å². The van der Waals surface area contributed by atoms with E-state index in [1.165, 1.54) is 30.0 Å². The second-order valence-electron chi connectivity index (χ2n) is 5.54. The molecule has 0 radical (unpaired) electrons. The van der Waals surface area contributed by atoms with Crippen LogP contribution in [0.5, 0.6) is 5.75 Å². The van der Waals surface area contributed by atoms with Gasteiger partial charge in [-0.25, -0.2) is 4.79 Å². The summed E-state index contributed by atoms with van der Waals surface area (Å²) in [6, 6.07) is 3.77. The number of carbonyl (C=O) groups excluding carboxylic acids is 1. The van der Waals surface area contributed by atoms with Gasteiger partial charge in [-0.05, 0) is 32.2 Å². The second kappa shape index (κ2) is 7.22. The lowest BCUT2D eigenvalue weighted by Gasteiger charge is -2.26. The first kappa shape index (κ1) is 19.3. The number of carbonyl (C=O) groups is 2. The molecule has 9 heteroatoms. The normalized spacial score (nSPS) is 11.8. The van der Waals surface area contributed by atoms with E-state index in [1.54, 1.807) is 13.8 Å². The number of carboxylic acids is 1. The molecule has 0 aliphatic heterocycles. The van der Waals surface area contributed by atoms with Gasteiger partial charge in [-0.1, -0.05) is 6.07 Å². The zero-order valence-corrected chi connectivity index (χ0v) is 14.9. The second-order valence-corrected chi connectivity index (χ2v) is 7.98. The van der Waals surface area contributed by atoms with Crippen molar-refractivity contribution in [2.24, 2.45) is 0 Å². The first-order valence-corrected chi connectivity index (χ1v) is 9.75. The molecular formula is C14H19NO6S2. The van der Waals surface area contributed by atoms with Crippen LogP contribution in [0.15, 0.2) is 18.2 Å². The van der Waals surface area contributed by atoms with Crippen LogP contribution in [0.3, 0.4) is 0 Å². The van der Waals surface area contributed by atoms with Crippen LogP contribution in [0, 0.1) is 0 Å². The highest BCUT2D eigenvalue weighted by atomic mass is 32.2. The Hall–Kier alpha value is -1.74. The minimum absolute atomic E-state index is 0.315. The topological polar surface area (TPSA) is 110 Å². The fraction of sp³-hybridized carbons (Fsp3) is 0.429. The molecule has 0 aliphatic rings. The van der Waals surface area contributed by atoms with Crippen LogP contribution in [0.2, 0.25) is 0 Å². The summed E-state index contributed by atoms with van der Waals surface area (Å²) in [5.74, 6) is -1.78. The number of hydrogen-bond acceptors (Lipinski definition) is 6. The summed E-state index contributed by atoms with van der Waals surface area (Å²) in [7, 11) is -3.91. The number of rotatable bonds is 7. The molecular weight excluding hydrogens is 342 g/mol. The molecule has 0 saturated carbocycles. The predicted molar refractivity (Wildman–Crippen MR) is 88.8 cm³/mol. The van der Waals surface area contributed by atoms with Gasteiger partial charge in [0.15, 0.2) is 5.75 Å². The lowest BCUT2D eigenvalue weighted by molar-refractivity contribution is 0.0689. The third-order valence-electron chi connectivity index (χ3n) is 2.68. The van der Waals surface area contributed by atoms with Crippen LogP contribution in [0.25, 0.3) is 0 Å². The van der Waals surface area contributed by atoms with E-state index in [2.05, 4.69) is 5.32 Å². The summed E-state index contributed by atoms with van der Waals surface area (Å²) in [5.41, 5.74) is -1.26. The lowest BCUT2D eigenvalue weighted by Crippen LogP contribution is -2.46. The van der Waals surface area contributed by atoms with Gasteiger partial charge >= 0.3 is 16.1 Å². The first-order chi connectivity index (χ1) is 10.5. The summed E-state index contributed by atoms with van der Waals surface area (Å²) in [6.07, 6.45) is 2.69. The SMILES string of the molecule is CSCC(C)(C)NC(=O)c1c(OS(C)(=O)=O)cccc1C(=O)O. The third-order valence-corrected chi connectivity index (χ3v) is 4.17. The van der Waals surface area contributed by atoms with E-state index in [1.807, 2.05) is 6.26 Å². The van der Waals surface area contributed by atoms with Crippen LogP contribution in [0.4, 0.5) is 0 Å². The average molecular weight is 361 g/mol. The van der Waals surface area contributed by atoms with Gasteiger partial charge in [-0.15, -0.1) is 0 Å². The third kappa shape index (κ3) is 5.76. The molecule has 0 bridgehead atoms. The van der Waals surface area contributed by atoms with Gasteiger partial charge < -0.3 is 14.6 Å². The molecule has 23 heavy (non-hydrogen) atoms. The molecule has 1 rings (SSSR count). The van der Waals surface area contributed by atoms with Gasteiger partial charge in [0.1, 0.15) is 0 Å². The number of nitrogens with one attached hydrogen (secondary N) is 1. The van der Waals surface area contributed by atoms with E-state index in [4.69, 9.17) is 4.18 Å². The Labute approximate surface area is 139 Å². The lowest BCUT2D eigenvalue weighted by atomic mass is 10.0. The molecule has 7 nitrogen and oxygen atoms in total. The largest absolute Gasteiger partial charge is 0.478 e. The van der Waals surface area contributed by atoms with Crippen molar-refractivity contribution in [3.05, 3.63) is 29.3 Å². The maximum Gasteiger partial charge on any atom is 0.336 e. The molecule has 0 atom stereocenters. The highest BCUT2D eigenvalue weighted by molar-refractivity contribution is 7.98. The van der Waals surface area contributed by atoms with Gasteiger partial charge in [0, 0.05) is 11.3 Å². The Bertz CT molecular complexity index is 712. The molecule has 2 N–H and O–H groups in total. The Morgan fingerprint density at radius 2 is 1.96 bits per heavy atom. The van der Waals surface area contributed by atoms with Crippen LogP contribution in [-0.4, -0.2) is 49.2 Å². The number of carboxylic acid groups (broad SMARTS) is 1. The summed E-state index contributed by atoms with van der Waals surface area (Å²) < 4.78 is 27.4. The van der Waals surface area contributed by atoms with Crippen LogP contribution >= 0.6 is 11.8 Å². The summed E-state index contributed by atoms with van der Waals surface area (Å²) in [5, 5.41) is 11.9. The number of benzene rings is 1. The van der Waals surface area contributed by atoms with Crippen molar-refractivity contribution in [1.82, 2.24) is 5.32 Å². The summed E-state index contributed by atoms with van der Waals surface area (Å²) in [4.78, 5) is 23.9. The quantitative estimate of drug-likeness (QED) is 0.710. The van der Waals surface area contributed by atoms with E-state index in [0.717, 1.165) is 6.26 Å². The fourth-order valence-corrected chi connectivity index (χ4v) is 3.20. The molecule has 0 heterocycles. The molecule has 0 aliphatic carbocycles. The van der Waals surface area contributed by atoms with Crippen LogP contribution in [-0.2, 0) is 10.1 Å². The maximum atomic E-state index is 12.5. The minimum Gasteiger partial charge on any atom is -0.478 e. The van der Waals surface area contributed by atoms with E-state index in [0.29, 0.717) is 5.75 Å². The van der Waals surface area contributed by atoms with E-state index in [-0.39, 0.29) is 16.9 Å². The molecule has 0 fully saturated rings. The first-order valence-electron chi connectivity index (χ1n) is 6.54. The van der Waals surface area contributed by atoms with Crippen molar-refractivity contribution in [3.8, 4) is 5.75 Å². The van der Waals surface area contributed by atoms with Crippen molar-refractivity contribution in [3.63, 3.8) is 0 Å². The van der Waals surface area contributed by atoms with Gasteiger partial charge in [0.2, 0.25) is 0 Å². The number of thioether (sulfide) groups is 1. The molecule has 1 amide bonds. The molecule has 1 aromatic carbocycles. The summed E-state index contributed by atoms with van der Waals surface area (Å²) >= 11 is 1.51. The molecule has 0 unspecified atom stereocenters. The Balaban J connectivity index is 3.35. The Morgan fingerprint density at radius 1 is 1.35 bits per heavy atom. The van der Waals surface area contributed by atoms with Gasteiger partial charge in [0.05, 0.1) is 17.4 Å². The number of aromatic carboxylic acids is 1. The monoisotopic (exact) mass is 361 g/mol. The highest BCUT2D eigenvalue weighted by Crippen LogP contribution is 2.25. The Morgan fingerprint density at radius 3 is 2.43 bits per heavy atom. The van der Waals surface area contributed by atoms with Gasteiger partial charge in [-0.2, -0.15) is 20.2 Å². The minimum atomic E-state index is -3.91. The van der Waals surface area contributed by atoms with Crippen molar-refractivity contribution >= 4 is 33.8 Å². The molecule has 1 aromatic rings. The predicted octanol–water partition coefficient (Wildman–Crippen LogP) is 1.59.